The van der Waals surface area contributed by atoms with E-state index in [4.69, 9.17) is 17.0 Å². The Hall–Kier alpha value is -1.82. The summed E-state index contributed by atoms with van der Waals surface area (Å²) in [6.07, 6.45) is 3.30. The van der Waals surface area contributed by atoms with E-state index in [-0.39, 0.29) is 17.6 Å². The first-order chi connectivity index (χ1) is 12.8. The van der Waals surface area contributed by atoms with Crippen LogP contribution in [0.15, 0.2) is 24.3 Å². The molecule has 6 heteroatoms. The van der Waals surface area contributed by atoms with Gasteiger partial charge in [-0.15, -0.1) is 0 Å². The van der Waals surface area contributed by atoms with Gasteiger partial charge in [0.2, 0.25) is 5.78 Å². The number of hydrogen-bond donors (Lipinski definition) is 0. The fourth-order valence-electron chi connectivity index (χ4n) is 3.07. The molecule has 2 rings (SSSR count). The van der Waals surface area contributed by atoms with Crippen LogP contribution in [0.1, 0.15) is 52.0 Å². The Morgan fingerprint density at radius 1 is 1.33 bits per heavy atom. The molecule has 1 atom stereocenters. The summed E-state index contributed by atoms with van der Waals surface area (Å²) >= 11 is 5.37. The van der Waals surface area contributed by atoms with Crippen molar-refractivity contribution < 1.29 is 18.7 Å². The molecule has 0 bridgehead atoms. The molecule has 1 unspecified atom stereocenters. The largest absolute Gasteiger partial charge is 0.485 e. The molecule has 27 heavy (non-hydrogen) atoms. The number of carbonyl (C=O) groups excluding carboxylic acids is 2. The zero-order valence-electron chi connectivity index (χ0n) is 16.3. The highest BCUT2D eigenvalue weighted by molar-refractivity contribution is 7.80. The van der Waals surface area contributed by atoms with Gasteiger partial charge in [0, 0.05) is 12.0 Å². The Bertz CT molecular complexity index is 704. The van der Waals surface area contributed by atoms with Gasteiger partial charge in [-0.25, -0.2) is 4.39 Å². The average Bonchev–Trinajstić information content (AvgIpc) is 3.15. The Kier molecular flexibility index (Phi) is 7.48. The number of amides is 1. The molecule has 1 aliphatic rings. The topological polar surface area (TPSA) is 46.6 Å². The minimum Gasteiger partial charge on any atom is -0.485 e. The van der Waals surface area contributed by atoms with Crippen molar-refractivity contribution in [1.29, 1.82) is 0 Å². The summed E-state index contributed by atoms with van der Waals surface area (Å²) in [4.78, 5) is 26.7. The maximum atomic E-state index is 13.6. The SMILES string of the molecule is CCC(C)(C)C(=O)C(=O)N1CCCC1C(=S)OCCCc1ccccc1F. The molecule has 1 fully saturated rings. The van der Waals surface area contributed by atoms with E-state index in [1.807, 2.05) is 6.92 Å². The van der Waals surface area contributed by atoms with Crippen LogP contribution < -0.4 is 0 Å². The van der Waals surface area contributed by atoms with E-state index in [1.165, 1.54) is 6.07 Å². The normalized spacial score (nSPS) is 17.0. The van der Waals surface area contributed by atoms with Crippen LogP contribution in [0.25, 0.3) is 0 Å². The van der Waals surface area contributed by atoms with Crippen molar-refractivity contribution in [2.45, 2.75) is 58.9 Å². The number of benzene rings is 1. The van der Waals surface area contributed by atoms with Gasteiger partial charge >= 0.3 is 0 Å². The lowest BCUT2D eigenvalue weighted by atomic mass is 9.84. The summed E-state index contributed by atoms with van der Waals surface area (Å²) in [7, 11) is 0. The van der Waals surface area contributed by atoms with E-state index < -0.39 is 11.3 Å². The van der Waals surface area contributed by atoms with Crippen LogP contribution in [0, 0.1) is 11.2 Å². The number of rotatable bonds is 8. The highest BCUT2D eigenvalue weighted by Gasteiger charge is 2.40. The van der Waals surface area contributed by atoms with Gasteiger partial charge in [-0.1, -0.05) is 39.0 Å². The fourth-order valence-corrected chi connectivity index (χ4v) is 3.40. The Balaban J connectivity index is 1.87. The second kappa shape index (κ2) is 9.40. The van der Waals surface area contributed by atoms with E-state index in [0.29, 0.717) is 49.4 Å². The maximum absolute atomic E-state index is 13.6. The first-order valence-electron chi connectivity index (χ1n) is 9.53. The van der Waals surface area contributed by atoms with Crippen molar-refractivity contribution in [3.8, 4) is 0 Å². The van der Waals surface area contributed by atoms with Gasteiger partial charge in [-0.3, -0.25) is 9.59 Å². The summed E-state index contributed by atoms with van der Waals surface area (Å²) in [5, 5.41) is 0.344. The third-order valence-electron chi connectivity index (χ3n) is 5.27. The highest BCUT2D eigenvalue weighted by atomic mass is 32.1. The second-order valence-electron chi connectivity index (χ2n) is 7.59. The smallest absolute Gasteiger partial charge is 0.291 e. The minimum atomic E-state index is -0.674. The number of halogens is 1. The number of likely N-dealkylation sites (tertiary alicyclic amines) is 1. The molecule has 148 valence electrons. The number of carbonyl (C=O) groups is 2. The van der Waals surface area contributed by atoms with Crippen molar-refractivity contribution in [2.75, 3.05) is 13.2 Å². The first-order valence-corrected chi connectivity index (χ1v) is 9.94. The standard InChI is InChI=1S/C21H28FNO3S/c1-4-21(2,3)18(24)19(25)23-13-7-12-17(23)20(27)26-14-8-10-15-9-5-6-11-16(15)22/h5-6,9,11,17H,4,7-8,10,12-14H2,1-3H3. The highest BCUT2D eigenvalue weighted by Crippen LogP contribution is 2.26. The first kappa shape index (κ1) is 21.5. The summed E-state index contributed by atoms with van der Waals surface area (Å²) in [6.45, 7) is 6.36. The predicted molar refractivity (Wildman–Crippen MR) is 107 cm³/mol. The number of ketones is 1. The van der Waals surface area contributed by atoms with Gasteiger partial charge in [0.1, 0.15) is 11.9 Å². The molecule has 1 aromatic rings. The van der Waals surface area contributed by atoms with Crippen LogP contribution in [0.3, 0.4) is 0 Å². The second-order valence-corrected chi connectivity index (χ2v) is 7.99. The molecule has 1 heterocycles. The van der Waals surface area contributed by atoms with Crippen LogP contribution in [0.2, 0.25) is 0 Å². The fraction of sp³-hybridized carbons (Fsp3) is 0.571. The zero-order valence-corrected chi connectivity index (χ0v) is 17.1. The van der Waals surface area contributed by atoms with Crippen LogP contribution >= 0.6 is 12.2 Å². The number of aryl methyl sites for hydroxylation is 1. The number of Topliss-reactive ketones (excluding diaryl/α,β-unsaturated/α-hetero) is 1. The molecule has 1 aromatic carbocycles. The van der Waals surface area contributed by atoms with Crippen LogP contribution in [-0.4, -0.2) is 40.8 Å². The molecule has 1 aliphatic heterocycles. The lowest BCUT2D eigenvalue weighted by molar-refractivity contribution is -0.149. The lowest BCUT2D eigenvalue weighted by Crippen LogP contribution is -2.47. The van der Waals surface area contributed by atoms with Crippen LogP contribution in [-0.2, 0) is 20.7 Å². The molecular weight excluding hydrogens is 365 g/mol. The predicted octanol–water partition coefficient (Wildman–Crippen LogP) is 4.10. The van der Waals surface area contributed by atoms with Crippen molar-refractivity contribution >= 4 is 29.0 Å². The summed E-state index contributed by atoms with van der Waals surface area (Å²) in [5.41, 5.74) is -0.0241. The van der Waals surface area contributed by atoms with Crippen molar-refractivity contribution in [3.05, 3.63) is 35.6 Å². The molecule has 0 N–H and O–H groups in total. The molecule has 0 radical (unpaired) electrons. The quantitative estimate of drug-likeness (QED) is 0.379. The van der Waals surface area contributed by atoms with Crippen molar-refractivity contribution in [3.63, 3.8) is 0 Å². The van der Waals surface area contributed by atoms with Gasteiger partial charge in [-0.05, 0) is 56.0 Å². The number of ether oxygens (including phenoxy) is 1. The number of hydrogen-bond acceptors (Lipinski definition) is 4. The van der Waals surface area contributed by atoms with E-state index in [9.17, 15) is 14.0 Å². The van der Waals surface area contributed by atoms with E-state index in [2.05, 4.69) is 0 Å². The molecule has 4 nitrogen and oxygen atoms in total. The van der Waals surface area contributed by atoms with Crippen LogP contribution in [0.5, 0.6) is 0 Å². The van der Waals surface area contributed by atoms with Crippen LogP contribution in [0.4, 0.5) is 4.39 Å². The Morgan fingerprint density at radius 2 is 2.04 bits per heavy atom. The molecule has 1 saturated heterocycles. The molecule has 0 saturated carbocycles. The number of nitrogens with zero attached hydrogens (tertiary/aromatic N) is 1. The zero-order chi connectivity index (χ0) is 20.0. The van der Waals surface area contributed by atoms with Gasteiger partial charge in [-0.2, -0.15) is 0 Å². The summed E-state index contributed by atoms with van der Waals surface area (Å²) in [5.74, 6) is -1.06. The van der Waals surface area contributed by atoms with Gasteiger partial charge in [0.15, 0.2) is 5.05 Å². The number of thiocarbonyl (C=S) groups is 1. The average molecular weight is 394 g/mol. The van der Waals surface area contributed by atoms with Gasteiger partial charge in [0.05, 0.1) is 6.61 Å². The molecular formula is C21H28FNO3S. The van der Waals surface area contributed by atoms with E-state index >= 15 is 0 Å². The van der Waals surface area contributed by atoms with E-state index in [1.54, 1.807) is 36.9 Å². The summed E-state index contributed by atoms with van der Waals surface area (Å²) in [6, 6.07) is 6.33. The third-order valence-corrected chi connectivity index (χ3v) is 5.66. The maximum Gasteiger partial charge on any atom is 0.291 e. The minimum absolute atomic E-state index is 0.218. The van der Waals surface area contributed by atoms with Gasteiger partial charge in [0.25, 0.3) is 5.91 Å². The monoisotopic (exact) mass is 393 g/mol. The molecule has 0 aliphatic carbocycles. The van der Waals surface area contributed by atoms with E-state index in [0.717, 1.165) is 6.42 Å². The van der Waals surface area contributed by atoms with Crippen molar-refractivity contribution in [1.82, 2.24) is 4.90 Å². The Morgan fingerprint density at radius 3 is 2.70 bits per heavy atom. The molecule has 1 amide bonds. The summed E-state index contributed by atoms with van der Waals surface area (Å²) < 4.78 is 19.3. The molecule has 0 spiro atoms. The van der Waals surface area contributed by atoms with Crippen molar-refractivity contribution in [2.24, 2.45) is 5.41 Å². The van der Waals surface area contributed by atoms with Gasteiger partial charge < -0.3 is 9.64 Å². The molecule has 0 aromatic heterocycles. The lowest BCUT2D eigenvalue weighted by Gasteiger charge is -2.28. The third kappa shape index (κ3) is 5.34. The Labute approximate surface area is 166 Å².